The van der Waals surface area contributed by atoms with Crippen LogP contribution in [0.5, 0.6) is 23.0 Å². The molecule has 2 unspecified atom stereocenters. The Balaban J connectivity index is 1.27. The lowest BCUT2D eigenvalue weighted by molar-refractivity contribution is -0.789. The van der Waals surface area contributed by atoms with Crippen molar-refractivity contribution < 1.29 is 58.0 Å². The van der Waals surface area contributed by atoms with Crippen molar-refractivity contribution in [3.8, 4) is 33.4 Å². The minimum atomic E-state index is -1.74. The first kappa shape index (κ1) is 48.7. The van der Waals surface area contributed by atoms with Gasteiger partial charge < -0.3 is 28.6 Å². The van der Waals surface area contributed by atoms with Crippen LogP contribution in [0.3, 0.4) is 0 Å². The smallest absolute Gasteiger partial charge is 0.347 e. The van der Waals surface area contributed by atoms with Crippen molar-refractivity contribution in [1.82, 2.24) is 0 Å². The summed E-state index contributed by atoms with van der Waals surface area (Å²) in [5.74, 6) is -3.06. The van der Waals surface area contributed by atoms with Crippen molar-refractivity contribution >= 4 is 102 Å². The Morgan fingerprint density at radius 1 is 0.712 bits per heavy atom. The largest absolute Gasteiger partial charge is 0.426 e. The molecule has 0 saturated carbocycles. The SMILES string of the molecule is CCC(C)CC(=O)Oc1ccc(N=Nc2ccc(OC(=O)CC(CO[N+](=O)[O-])O[N+](=O)[O-])c(C(=O)Oc3ccc(C4=CC(=S)CS4)cc3)c2)cc1C(=O)Oc1ccc(-c2cc(=S)ss2)cc1. The van der Waals surface area contributed by atoms with Crippen LogP contribution in [-0.2, 0) is 19.3 Å². The van der Waals surface area contributed by atoms with Crippen molar-refractivity contribution in [2.75, 3.05) is 12.4 Å². The van der Waals surface area contributed by atoms with Gasteiger partial charge in [0.25, 0.3) is 10.2 Å². The molecule has 0 N–H and O–H groups in total. The highest BCUT2D eigenvalue weighted by Gasteiger charge is 2.25. The number of esters is 4. The average Bonchev–Trinajstić information content (AvgIpc) is 3.93. The molecular formula is C43H34N4O14S5. The molecule has 4 aromatic carbocycles. The lowest BCUT2D eigenvalue weighted by Gasteiger charge is -2.14. The first-order valence-electron chi connectivity index (χ1n) is 19.4. The summed E-state index contributed by atoms with van der Waals surface area (Å²) in [6.07, 6.45) is 0.0677. The van der Waals surface area contributed by atoms with Crippen LogP contribution >= 0.6 is 56.9 Å². The Bertz CT molecular complexity index is 2790. The first-order chi connectivity index (χ1) is 31.6. The highest BCUT2D eigenvalue weighted by molar-refractivity contribution is 8.10. The van der Waals surface area contributed by atoms with Gasteiger partial charge in [-0.05, 0) is 102 Å². The number of hydrogen-bond donors (Lipinski definition) is 0. The molecule has 0 fully saturated rings. The fraction of sp³-hybridized carbons (Fsp3) is 0.209. The van der Waals surface area contributed by atoms with Gasteiger partial charge in [-0.2, -0.15) is 10.2 Å². The maximum absolute atomic E-state index is 13.7. The van der Waals surface area contributed by atoms with Gasteiger partial charge in [0.15, 0.2) is 0 Å². The second-order valence-corrected chi connectivity index (χ2v) is 18.4. The van der Waals surface area contributed by atoms with Gasteiger partial charge in [0.1, 0.15) is 50.7 Å². The number of thioether (sulfide) groups is 1. The molecule has 0 bridgehead atoms. The van der Waals surface area contributed by atoms with Crippen LogP contribution in [0.1, 0.15) is 59.4 Å². The summed E-state index contributed by atoms with van der Waals surface area (Å²) in [5, 5.41) is 27.6. The standard InChI is InChI=1S/C43H34N4O14S5/c1-3-24(2)16-39(48)59-35-14-8-27(17-33(35)42(50)58-30-12-6-26(7-13-30)38-21-41(63)66-65-38)44-45-28-9-15-36(60-40(49)19-31(61-47(54)55)22-56-46(52)53)34(18-28)43(51)57-29-10-4-25(5-11-29)37-20-32(62)23-64-37/h4-15,17-18,20-21,24,31H,3,16,19,22-23H2,1-2H3. The molecule has 2 heterocycles. The lowest BCUT2D eigenvalue weighted by Crippen LogP contribution is -2.29. The summed E-state index contributed by atoms with van der Waals surface area (Å²) in [7, 11) is 2.99. The number of thiocarbonyl (C=S) groups is 1. The van der Waals surface area contributed by atoms with Crippen molar-refractivity contribution in [2.24, 2.45) is 16.1 Å². The van der Waals surface area contributed by atoms with E-state index in [4.69, 9.17) is 43.4 Å². The number of carbonyl (C=O) groups is 4. The maximum atomic E-state index is 13.7. The van der Waals surface area contributed by atoms with Gasteiger partial charge in [-0.1, -0.05) is 77.5 Å². The van der Waals surface area contributed by atoms with Crippen LogP contribution in [0, 0.1) is 30.0 Å². The van der Waals surface area contributed by atoms with Crippen LogP contribution < -0.4 is 18.9 Å². The van der Waals surface area contributed by atoms with Crippen molar-refractivity contribution in [1.29, 1.82) is 0 Å². The number of ether oxygens (including phenoxy) is 4. The molecule has 23 heteroatoms. The third kappa shape index (κ3) is 14.1. The van der Waals surface area contributed by atoms with E-state index in [1.165, 1.54) is 57.1 Å². The normalized spacial score (nSPS) is 13.0. The first-order valence-corrected chi connectivity index (χ1v) is 23.4. The van der Waals surface area contributed by atoms with E-state index in [0.29, 0.717) is 5.75 Å². The second-order valence-electron chi connectivity index (χ2n) is 14.0. The molecule has 2 atom stereocenters. The van der Waals surface area contributed by atoms with Crippen LogP contribution in [0.25, 0.3) is 15.3 Å². The topological polar surface area (TPSA) is 235 Å². The minimum Gasteiger partial charge on any atom is -0.426 e. The van der Waals surface area contributed by atoms with Crippen LogP contribution in [0.15, 0.2) is 107 Å². The predicted molar refractivity (Wildman–Crippen MR) is 250 cm³/mol. The molecule has 0 radical (unpaired) electrons. The number of nitrogens with zero attached hydrogens (tertiary/aromatic N) is 4. The molecule has 18 nitrogen and oxygen atoms in total. The van der Waals surface area contributed by atoms with Crippen molar-refractivity contribution in [3.05, 3.63) is 138 Å². The van der Waals surface area contributed by atoms with Crippen molar-refractivity contribution in [2.45, 2.75) is 39.2 Å². The quantitative estimate of drug-likeness (QED) is 0.0134. The summed E-state index contributed by atoms with van der Waals surface area (Å²) in [6.45, 7) is 2.85. The summed E-state index contributed by atoms with van der Waals surface area (Å²) >= 11 is 12.1. The fourth-order valence-electron chi connectivity index (χ4n) is 5.72. The van der Waals surface area contributed by atoms with Gasteiger partial charge in [-0.15, -0.1) is 32.0 Å². The van der Waals surface area contributed by atoms with Gasteiger partial charge in [-0.3, -0.25) is 9.59 Å². The Hall–Kier alpha value is -6.79. The maximum Gasteiger partial charge on any atom is 0.347 e. The van der Waals surface area contributed by atoms with Crippen LogP contribution in [0.4, 0.5) is 11.4 Å². The van der Waals surface area contributed by atoms with E-state index in [0.717, 1.165) is 36.0 Å². The van der Waals surface area contributed by atoms with Gasteiger partial charge in [0, 0.05) is 26.8 Å². The average molecular weight is 991 g/mol. The third-order valence-corrected chi connectivity index (χ3v) is 13.6. The van der Waals surface area contributed by atoms with Gasteiger partial charge in [0.2, 0.25) is 0 Å². The predicted octanol–water partition coefficient (Wildman–Crippen LogP) is 10.9. The molecule has 1 aromatic heterocycles. The number of azo groups is 1. The third-order valence-electron chi connectivity index (χ3n) is 9.13. The van der Waals surface area contributed by atoms with E-state index in [9.17, 15) is 39.4 Å². The number of benzene rings is 4. The fourth-order valence-corrected chi connectivity index (χ4v) is 9.41. The molecule has 340 valence electrons. The molecule has 0 saturated heterocycles. The molecule has 0 aliphatic carbocycles. The zero-order valence-corrected chi connectivity index (χ0v) is 38.6. The van der Waals surface area contributed by atoms with Crippen molar-refractivity contribution in [3.63, 3.8) is 0 Å². The number of allylic oxidation sites excluding steroid dienone is 1. The highest BCUT2D eigenvalue weighted by Crippen LogP contribution is 2.35. The molecule has 0 amide bonds. The summed E-state index contributed by atoms with van der Waals surface area (Å²) in [4.78, 5) is 86.1. The van der Waals surface area contributed by atoms with E-state index < -0.39 is 53.2 Å². The summed E-state index contributed by atoms with van der Waals surface area (Å²) in [5.41, 5.74) is 1.35. The number of carbonyl (C=O) groups excluding carboxylic acids is 4. The summed E-state index contributed by atoms with van der Waals surface area (Å²) < 4.78 is 23.0. The Morgan fingerprint density at radius 2 is 1.26 bits per heavy atom. The highest BCUT2D eigenvalue weighted by atomic mass is 32.9. The minimum absolute atomic E-state index is 0.0198. The molecule has 5 aromatic rings. The van der Waals surface area contributed by atoms with E-state index in [2.05, 4.69) is 19.9 Å². The number of rotatable bonds is 20. The second kappa shape index (κ2) is 22.9. The molecule has 0 spiro atoms. The van der Waals surface area contributed by atoms with E-state index in [1.807, 2.05) is 26.0 Å². The zero-order chi connectivity index (χ0) is 47.3. The van der Waals surface area contributed by atoms with E-state index >= 15 is 0 Å². The Morgan fingerprint density at radius 3 is 1.73 bits per heavy atom. The lowest BCUT2D eigenvalue weighted by atomic mass is 10.1. The van der Waals surface area contributed by atoms with E-state index in [-0.39, 0.29) is 57.8 Å². The molecule has 1 aliphatic heterocycles. The molecular weight excluding hydrogens is 957 g/mol. The molecule has 66 heavy (non-hydrogen) atoms. The Labute approximate surface area is 396 Å². The Kier molecular flexibility index (Phi) is 16.9. The molecule has 6 rings (SSSR count). The number of hydrogen-bond acceptors (Lipinski definition) is 21. The summed E-state index contributed by atoms with van der Waals surface area (Å²) in [6, 6.07) is 23.0. The van der Waals surface area contributed by atoms with Gasteiger partial charge in [0.05, 0.1) is 17.8 Å². The molecule has 1 aliphatic rings. The van der Waals surface area contributed by atoms with E-state index in [1.54, 1.807) is 60.3 Å². The zero-order valence-electron chi connectivity index (χ0n) is 34.5. The monoisotopic (exact) mass is 990 g/mol. The van der Waals surface area contributed by atoms with Crippen LogP contribution in [0.2, 0.25) is 0 Å². The van der Waals surface area contributed by atoms with Gasteiger partial charge >= 0.3 is 23.9 Å². The van der Waals surface area contributed by atoms with Gasteiger partial charge in [-0.25, -0.2) is 9.59 Å². The van der Waals surface area contributed by atoms with Crippen LogP contribution in [-0.4, -0.2) is 57.4 Å².